The van der Waals surface area contributed by atoms with E-state index in [1.807, 2.05) is 18.2 Å². The lowest BCUT2D eigenvalue weighted by Gasteiger charge is -2.29. The zero-order chi connectivity index (χ0) is 17.2. The summed E-state index contributed by atoms with van der Waals surface area (Å²) >= 11 is 0. The summed E-state index contributed by atoms with van der Waals surface area (Å²) in [6, 6.07) is 13.5. The molecule has 0 unspecified atom stereocenters. The standard InChI is InChI=1S/C16H17N3O4S/c1-24(21,22)19-9-10-23-15-8-7-13(11-14(15)19)18-16(20)17-12-5-3-2-4-6-12/h2-8,11H,9-10H2,1H3,(H2,17,18,20). The van der Waals surface area contributed by atoms with E-state index in [0.717, 1.165) is 6.26 Å². The van der Waals surface area contributed by atoms with E-state index in [1.54, 1.807) is 30.3 Å². The van der Waals surface area contributed by atoms with E-state index in [4.69, 9.17) is 4.74 Å². The number of fused-ring (bicyclic) bond motifs is 1. The number of rotatable bonds is 3. The summed E-state index contributed by atoms with van der Waals surface area (Å²) in [4.78, 5) is 12.0. The summed E-state index contributed by atoms with van der Waals surface area (Å²) in [5.74, 6) is 0.473. The molecule has 0 spiro atoms. The maximum Gasteiger partial charge on any atom is 0.323 e. The van der Waals surface area contributed by atoms with Crippen molar-refractivity contribution in [3.8, 4) is 5.75 Å². The summed E-state index contributed by atoms with van der Waals surface area (Å²) in [6.45, 7) is 0.535. The average molecular weight is 347 g/mol. The van der Waals surface area contributed by atoms with Crippen molar-refractivity contribution >= 4 is 33.1 Å². The Balaban J connectivity index is 1.79. The van der Waals surface area contributed by atoms with Gasteiger partial charge in [-0.3, -0.25) is 4.31 Å². The van der Waals surface area contributed by atoms with Crippen LogP contribution in [0.15, 0.2) is 48.5 Å². The van der Waals surface area contributed by atoms with E-state index in [-0.39, 0.29) is 6.54 Å². The molecule has 0 saturated carbocycles. The molecule has 7 nitrogen and oxygen atoms in total. The predicted octanol–water partition coefficient (Wildman–Crippen LogP) is 2.49. The van der Waals surface area contributed by atoms with Gasteiger partial charge in [0.15, 0.2) is 0 Å². The Morgan fingerprint density at radius 1 is 1.08 bits per heavy atom. The number of urea groups is 1. The molecule has 2 aromatic rings. The predicted molar refractivity (Wildman–Crippen MR) is 93.2 cm³/mol. The van der Waals surface area contributed by atoms with Crippen LogP contribution in [0.2, 0.25) is 0 Å². The van der Waals surface area contributed by atoms with Crippen LogP contribution in [0.1, 0.15) is 0 Å². The van der Waals surface area contributed by atoms with Gasteiger partial charge in [0.2, 0.25) is 10.0 Å². The van der Waals surface area contributed by atoms with Crippen LogP contribution >= 0.6 is 0 Å². The van der Waals surface area contributed by atoms with E-state index in [9.17, 15) is 13.2 Å². The third kappa shape index (κ3) is 3.60. The summed E-state index contributed by atoms with van der Waals surface area (Å²) in [7, 11) is -3.41. The molecule has 0 aromatic heterocycles. The van der Waals surface area contributed by atoms with Crippen molar-refractivity contribution in [3.63, 3.8) is 0 Å². The van der Waals surface area contributed by atoms with Gasteiger partial charge in [-0.15, -0.1) is 0 Å². The summed E-state index contributed by atoms with van der Waals surface area (Å²) < 4.78 is 30.5. The minimum absolute atomic E-state index is 0.242. The summed E-state index contributed by atoms with van der Waals surface area (Å²) in [5, 5.41) is 5.38. The molecular weight excluding hydrogens is 330 g/mol. The topological polar surface area (TPSA) is 87.7 Å². The number of hydrogen-bond acceptors (Lipinski definition) is 4. The number of carbonyl (C=O) groups excluding carboxylic acids is 1. The number of para-hydroxylation sites is 1. The van der Waals surface area contributed by atoms with Gasteiger partial charge in [-0.25, -0.2) is 13.2 Å². The van der Waals surface area contributed by atoms with Gasteiger partial charge in [0.05, 0.1) is 18.5 Å². The van der Waals surface area contributed by atoms with Gasteiger partial charge in [-0.1, -0.05) is 18.2 Å². The van der Waals surface area contributed by atoms with Gasteiger partial charge >= 0.3 is 6.03 Å². The molecule has 8 heteroatoms. The van der Waals surface area contributed by atoms with Crippen LogP contribution in [0.5, 0.6) is 5.75 Å². The Morgan fingerprint density at radius 2 is 1.79 bits per heavy atom. The van der Waals surface area contributed by atoms with Crippen LogP contribution < -0.4 is 19.7 Å². The second kappa shape index (κ2) is 6.40. The third-order valence-electron chi connectivity index (χ3n) is 3.47. The minimum Gasteiger partial charge on any atom is -0.489 e. The van der Waals surface area contributed by atoms with Gasteiger partial charge in [0.1, 0.15) is 12.4 Å². The monoisotopic (exact) mass is 347 g/mol. The molecule has 3 rings (SSSR count). The first-order valence-corrected chi connectivity index (χ1v) is 9.16. The van der Waals surface area contributed by atoms with Crippen LogP contribution in [-0.2, 0) is 10.0 Å². The number of ether oxygens (including phenoxy) is 1. The number of amides is 2. The molecule has 1 heterocycles. The van der Waals surface area contributed by atoms with Crippen molar-refractivity contribution in [2.45, 2.75) is 0 Å². The van der Waals surface area contributed by atoms with E-state index >= 15 is 0 Å². The lowest BCUT2D eigenvalue weighted by Crippen LogP contribution is -2.37. The van der Waals surface area contributed by atoms with Crippen molar-refractivity contribution in [1.29, 1.82) is 0 Å². The van der Waals surface area contributed by atoms with Crippen LogP contribution in [0.25, 0.3) is 0 Å². The number of hydrogen-bond donors (Lipinski definition) is 2. The fraction of sp³-hybridized carbons (Fsp3) is 0.188. The van der Waals surface area contributed by atoms with Crippen molar-refractivity contribution in [2.75, 3.05) is 34.3 Å². The van der Waals surface area contributed by atoms with Gasteiger partial charge in [0.25, 0.3) is 0 Å². The lowest BCUT2D eigenvalue weighted by molar-refractivity contribution is 0.262. The van der Waals surface area contributed by atoms with Crippen molar-refractivity contribution in [2.24, 2.45) is 0 Å². The molecule has 0 atom stereocenters. The highest BCUT2D eigenvalue weighted by molar-refractivity contribution is 7.92. The molecule has 1 aliphatic rings. The van der Waals surface area contributed by atoms with Gasteiger partial charge in [0, 0.05) is 11.4 Å². The Hall–Kier alpha value is -2.74. The minimum atomic E-state index is -3.41. The van der Waals surface area contributed by atoms with E-state index in [2.05, 4.69) is 10.6 Å². The Bertz CT molecular complexity index is 853. The number of nitrogens with one attached hydrogen (secondary N) is 2. The molecule has 2 aromatic carbocycles. The summed E-state index contributed by atoms with van der Waals surface area (Å²) in [5.41, 5.74) is 1.55. The normalized spacial score (nSPS) is 13.6. The van der Waals surface area contributed by atoms with E-state index in [0.29, 0.717) is 29.4 Å². The Kier molecular flexibility index (Phi) is 4.30. The highest BCUT2D eigenvalue weighted by Gasteiger charge is 2.25. The zero-order valence-corrected chi connectivity index (χ0v) is 13.8. The molecule has 24 heavy (non-hydrogen) atoms. The maximum atomic E-state index is 12.0. The third-order valence-corrected chi connectivity index (χ3v) is 4.65. The fourth-order valence-electron chi connectivity index (χ4n) is 2.43. The second-order valence-corrected chi connectivity index (χ2v) is 7.22. The molecule has 126 valence electrons. The molecule has 2 N–H and O–H groups in total. The van der Waals surface area contributed by atoms with Crippen LogP contribution in [0.3, 0.4) is 0 Å². The highest BCUT2D eigenvalue weighted by atomic mass is 32.2. The number of benzene rings is 2. The molecule has 0 aliphatic carbocycles. The largest absolute Gasteiger partial charge is 0.489 e. The highest BCUT2D eigenvalue weighted by Crippen LogP contribution is 2.35. The van der Waals surface area contributed by atoms with Gasteiger partial charge in [-0.05, 0) is 30.3 Å². The first-order chi connectivity index (χ1) is 11.4. The molecule has 0 saturated heterocycles. The first kappa shape index (κ1) is 16.1. The molecule has 0 radical (unpaired) electrons. The van der Waals surface area contributed by atoms with Crippen molar-refractivity contribution in [1.82, 2.24) is 0 Å². The second-order valence-electron chi connectivity index (χ2n) is 5.31. The fourth-order valence-corrected chi connectivity index (χ4v) is 3.34. The summed E-state index contributed by atoms with van der Waals surface area (Å²) in [6.07, 6.45) is 1.14. The van der Waals surface area contributed by atoms with Crippen molar-refractivity contribution in [3.05, 3.63) is 48.5 Å². The Labute approximate surface area is 140 Å². The quantitative estimate of drug-likeness (QED) is 0.893. The molecular formula is C16H17N3O4S. The number of sulfonamides is 1. The lowest BCUT2D eigenvalue weighted by atomic mass is 10.2. The van der Waals surface area contributed by atoms with Crippen LogP contribution in [0, 0.1) is 0 Å². The Morgan fingerprint density at radius 3 is 2.50 bits per heavy atom. The average Bonchev–Trinajstić information content (AvgIpc) is 2.54. The van der Waals surface area contributed by atoms with Gasteiger partial charge in [-0.2, -0.15) is 0 Å². The molecule has 2 amide bonds. The zero-order valence-electron chi connectivity index (χ0n) is 13.0. The maximum absolute atomic E-state index is 12.0. The van der Waals surface area contributed by atoms with Crippen LogP contribution in [0.4, 0.5) is 21.9 Å². The van der Waals surface area contributed by atoms with E-state index < -0.39 is 16.1 Å². The number of nitrogens with zero attached hydrogens (tertiary/aromatic N) is 1. The van der Waals surface area contributed by atoms with Crippen LogP contribution in [-0.4, -0.2) is 33.9 Å². The number of anilines is 3. The van der Waals surface area contributed by atoms with E-state index in [1.165, 1.54) is 4.31 Å². The first-order valence-electron chi connectivity index (χ1n) is 7.31. The molecule has 1 aliphatic heterocycles. The molecule has 0 fully saturated rings. The smallest absolute Gasteiger partial charge is 0.323 e. The van der Waals surface area contributed by atoms with Crippen molar-refractivity contribution < 1.29 is 17.9 Å². The number of carbonyl (C=O) groups is 1. The SMILES string of the molecule is CS(=O)(=O)N1CCOc2ccc(NC(=O)Nc3ccccc3)cc21. The molecule has 0 bridgehead atoms. The van der Waals surface area contributed by atoms with Gasteiger partial charge < -0.3 is 15.4 Å².